The minimum Gasteiger partial charge on any atom is -0.491 e. The lowest BCUT2D eigenvalue weighted by Gasteiger charge is -2.17. The average molecular weight is 261 g/mol. The van der Waals surface area contributed by atoms with Gasteiger partial charge in [-0.1, -0.05) is 0 Å². The van der Waals surface area contributed by atoms with Crippen molar-refractivity contribution in [2.45, 2.75) is 19.3 Å². The summed E-state index contributed by atoms with van der Waals surface area (Å²) in [6.07, 6.45) is -3.97. The van der Waals surface area contributed by atoms with Crippen LogP contribution in [0, 0.1) is 11.3 Å². The van der Waals surface area contributed by atoms with Crippen LogP contribution < -0.4 is 15.2 Å². The van der Waals surface area contributed by atoms with Crippen molar-refractivity contribution in [3.8, 4) is 17.6 Å². The molecule has 0 radical (unpaired) electrons. The van der Waals surface area contributed by atoms with E-state index >= 15 is 0 Å². The smallest absolute Gasteiger partial charge is 0.491 e. The Kier molecular flexibility index (Phi) is 4.33. The summed E-state index contributed by atoms with van der Waals surface area (Å²) in [4.78, 5) is 3.83. The summed E-state index contributed by atoms with van der Waals surface area (Å²) < 4.78 is 45.5. The molecule has 0 aromatic carbocycles. The second-order valence-corrected chi connectivity index (χ2v) is 3.17. The molecule has 5 nitrogen and oxygen atoms in total. The molecule has 1 rings (SSSR count). The van der Waals surface area contributed by atoms with Gasteiger partial charge in [-0.25, -0.2) is 0 Å². The number of halogens is 3. The van der Waals surface area contributed by atoms with Crippen molar-refractivity contribution in [1.29, 1.82) is 5.26 Å². The van der Waals surface area contributed by atoms with Gasteiger partial charge in [0, 0.05) is 12.1 Å². The zero-order valence-electron chi connectivity index (χ0n) is 9.41. The Morgan fingerprint density at radius 3 is 2.61 bits per heavy atom. The summed E-state index contributed by atoms with van der Waals surface area (Å²) in [5.41, 5.74) is 5.52. The molecular formula is C10H10F3N3O2. The zero-order valence-corrected chi connectivity index (χ0v) is 9.41. The predicted octanol–water partition coefficient (Wildman–Crippen LogP) is 1.51. The van der Waals surface area contributed by atoms with Crippen molar-refractivity contribution in [3.05, 3.63) is 17.5 Å². The second-order valence-electron chi connectivity index (χ2n) is 3.17. The van der Waals surface area contributed by atoms with Gasteiger partial charge in [-0.15, -0.1) is 13.2 Å². The van der Waals surface area contributed by atoms with Gasteiger partial charge in [0.15, 0.2) is 11.5 Å². The first-order valence-electron chi connectivity index (χ1n) is 4.80. The molecule has 0 amide bonds. The van der Waals surface area contributed by atoms with E-state index in [1.165, 1.54) is 7.11 Å². The van der Waals surface area contributed by atoms with Gasteiger partial charge in [0.2, 0.25) is 0 Å². The number of hydrogen-bond donors (Lipinski definition) is 1. The molecule has 18 heavy (non-hydrogen) atoms. The van der Waals surface area contributed by atoms with E-state index < -0.39 is 12.1 Å². The average Bonchev–Trinajstić information content (AvgIpc) is 2.28. The van der Waals surface area contributed by atoms with Crippen LogP contribution in [-0.4, -0.2) is 18.5 Å². The van der Waals surface area contributed by atoms with Crippen molar-refractivity contribution >= 4 is 0 Å². The Balaban J connectivity index is 3.33. The molecule has 0 aliphatic carbocycles. The predicted molar refractivity (Wildman–Crippen MR) is 54.7 cm³/mol. The van der Waals surface area contributed by atoms with Gasteiger partial charge < -0.3 is 15.2 Å². The summed E-state index contributed by atoms with van der Waals surface area (Å²) in [6.45, 7) is -0.243. The number of methoxy groups -OCH3 is 1. The van der Waals surface area contributed by atoms with Gasteiger partial charge in [0.25, 0.3) is 0 Å². The Morgan fingerprint density at radius 2 is 2.17 bits per heavy atom. The lowest BCUT2D eigenvalue weighted by atomic mass is 10.1. The highest BCUT2D eigenvalue weighted by molar-refractivity contribution is 5.48. The normalized spacial score (nSPS) is 10.9. The quantitative estimate of drug-likeness (QED) is 0.888. The van der Waals surface area contributed by atoms with Crippen LogP contribution in [0.1, 0.15) is 11.3 Å². The van der Waals surface area contributed by atoms with Gasteiger partial charge in [0.05, 0.1) is 31.5 Å². The van der Waals surface area contributed by atoms with E-state index in [4.69, 9.17) is 15.7 Å². The van der Waals surface area contributed by atoms with Crippen molar-refractivity contribution in [1.82, 2.24) is 4.98 Å². The number of hydrogen-bond acceptors (Lipinski definition) is 5. The fourth-order valence-corrected chi connectivity index (χ4v) is 1.36. The van der Waals surface area contributed by atoms with Crippen LogP contribution in [0.5, 0.6) is 11.5 Å². The van der Waals surface area contributed by atoms with Crippen molar-refractivity contribution in [3.63, 3.8) is 0 Å². The molecule has 0 saturated carbocycles. The summed E-state index contributed by atoms with van der Waals surface area (Å²) in [5, 5.41) is 8.56. The highest BCUT2D eigenvalue weighted by atomic mass is 19.4. The first-order chi connectivity index (χ1) is 8.42. The highest BCUT2D eigenvalue weighted by Crippen LogP contribution is 2.36. The van der Waals surface area contributed by atoms with Crippen LogP contribution in [0.25, 0.3) is 0 Å². The van der Waals surface area contributed by atoms with Crippen LogP contribution in [0.3, 0.4) is 0 Å². The van der Waals surface area contributed by atoms with Gasteiger partial charge >= 0.3 is 6.36 Å². The Morgan fingerprint density at radius 1 is 1.50 bits per heavy atom. The number of alkyl halides is 3. The molecule has 0 fully saturated rings. The third-order valence-electron chi connectivity index (χ3n) is 2.07. The minimum absolute atomic E-state index is 0.00762. The van der Waals surface area contributed by atoms with E-state index in [1.807, 2.05) is 0 Å². The molecule has 2 N–H and O–H groups in total. The fourth-order valence-electron chi connectivity index (χ4n) is 1.36. The zero-order chi connectivity index (χ0) is 13.8. The molecule has 0 spiro atoms. The van der Waals surface area contributed by atoms with Crippen LogP contribution in [-0.2, 0) is 13.0 Å². The van der Waals surface area contributed by atoms with Crippen LogP contribution >= 0.6 is 0 Å². The van der Waals surface area contributed by atoms with Gasteiger partial charge in [-0.2, -0.15) is 5.26 Å². The third-order valence-corrected chi connectivity index (χ3v) is 2.07. The van der Waals surface area contributed by atoms with Crippen LogP contribution in [0.15, 0.2) is 6.20 Å². The van der Waals surface area contributed by atoms with Crippen LogP contribution in [0.4, 0.5) is 13.2 Å². The van der Waals surface area contributed by atoms with Crippen molar-refractivity contribution in [2.24, 2.45) is 5.73 Å². The molecule has 0 bridgehead atoms. The number of aromatic nitrogens is 1. The molecule has 8 heteroatoms. The highest BCUT2D eigenvalue weighted by Gasteiger charge is 2.34. The first-order valence-corrected chi connectivity index (χ1v) is 4.80. The summed E-state index contributed by atoms with van der Waals surface area (Å²) >= 11 is 0. The van der Waals surface area contributed by atoms with Gasteiger partial charge in [-0.05, 0) is 0 Å². The van der Waals surface area contributed by atoms with E-state index in [0.717, 1.165) is 6.20 Å². The molecule has 1 aromatic rings. The molecule has 0 atom stereocenters. The molecule has 0 aliphatic rings. The lowest BCUT2D eigenvalue weighted by molar-refractivity contribution is -0.275. The number of nitriles is 1. The molecular weight excluding hydrogens is 251 g/mol. The Bertz CT molecular complexity index is 469. The van der Waals surface area contributed by atoms with Crippen molar-refractivity contribution < 1.29 is 22.6 Å². The second kappa shape index (κ2) is 5.55. The summed E-state index contributed by atoms with van der Waals surface area (Å²) in [7, 11) is 1.19. The first kappa shape index (κ1) is 14.1. The summed E-state index contributed by atoms with van der Waals surface area (Å²) in [5.74, 6) is -0.734. The third kappa shape index (κ3) is 3.24. The SMILES string of the molecule is COc1cnc(CC#N)c(CN)c1OC(F)(F)F. The van der Waals surface area contributed by atoms with Crippen molar-refractivity contribution in [2.75, 3.05) is 7.11 Å². The largest absolute Gasteiger partial charge is 0.573 e. The number of ether oxygens (including phenoxy) is 2. The molecule has 0 aliphatic heterocycles. The monoisotopic (exact) mass is 261 g/mol. The number of nitrogens with two attached hydrogens (primary N) is 1. The standard InChI is InChI=1S/C10H10F3N3O2/c1-17-8-5-16-7(2-3-14)6(4-15)9(8)18-10(11,12)13/h5H,2,4,15H2,1H3. The van der Waals surface area contributed by atoms with Crippen LogP contribution in [0.2, 0.25) is 0 Å². The molecule has 1 aromatic heterocycles. The van der Waals surface area contributed by atoms with Gasteiger partial charge in [-0.3, -0.25) is 4.98 Å². The molecule has 0 saturated heterocycles. The fraction of sp³-hybridized carbons (Fsp3) is 0.400. The van der Waals surface area contributed by atoms with E-state index in [1.54, 1.807) is 6.07 Å². The number of pyridine rings is 1. The summed E-state index contributed by atoms with van der Waals surface area (Å²) in [6, 6.07) is 1.79. The Labute approximate surface area is 101 Å². The topological polar surface area (TPSA) is 81.2 Å². The number of rotatable bonds is 4. The molecule has 0 unspecified atom stereocenters. The maximum atomic E-state index is 12.3. The Hall–Kier alpha value is -2.01. The van der Waals surface area contributed by atoms with E-state index in [2.05, 4.69) is 9.72 Å². The maximum Gasteiger partial charge on any atom is 0.573 e. The van der Waals surface area contributed by atoms with E-state index in [0.29, 0.717) is 0 Å². The lowest BCUT2D eigenvalue weighted by Crippen LogP contribution is -2.20. The maximum absolute atomic E-state index is 12.3. The van der Waals surface area contributed by atoms with E-state index in [-0.39, 0.29) is 30.0 Å². The molecule has 98 valence electrons. The minimum atomic E-state index is -4.87. The van der Waals surface area contributed by atoms with Gasteiger partial charge in [0.1, 0.15) is 0 Å². The number of nitrogens with zero attached hydrogens (tertiary/aromatic N) is 2. The molecule has 1 heterocycles. The van der Waals surface area contributed by atoms with E-state index in [9.17, 15) is 13.2 Å².